The zero-order valence-electron chi connectivity index (χ0n) is 17.2. The molecule has 2 aliphatic heterocycles. The summed E-state index contributed by atoms with van der Waals surface area (Å²) in [5, 5.41) is 25.3. The molecule has 3 heterocycles. The van der Waals surface area contributed by atoms with E-state index in [-0.39, 0.29) is 12.6 Å². The summed E-state index contributed by atoms with van der Waals surface area (Å²) in [6.45, 7) is 4.84. The van der Waals surface area contributed by atoms with Crippen molar-refractivity contribution in [3.8, 4) is 11.3 Å². The summed E-state index contributed by atoms with van der Waals surface area (Å²) in [6, 6.07) is 15.0. The second kappa shape index (κ2) is 8.05. The molecule has 30 heavy (non-hydrogen) atoms. The van der Waals surface area contributed by atoms with Gasteiger partial charge in [-0.25, -0.2) is 4.68 Å². The van der Waals surface area contributed by atoms with E-state index in [9.17, 15) is 5.11 Å². The van der Waals surface area contributed by atoms with Crippen molar-refractivity contribution in [3.63, 3.8) is 0 Å². The van der Waals surface area contributed by atoms with Crippen molar-refractivity contribution >= 4 is 11.3 Å². The molecule has 0 saturated heterocycles. The third kappa shape index (κ3) is 3.53. The molecule has 5 rings (SSSR count). The Morgan fingerprint density at radius 1 is 1.23 bits per heavy atom. The number of aliphatic hydroxyl groups is 1. The van der Waals surface area contributed by atoms with E-state index in [4.69, 9.17) is 0 Å². The fourth-order valence-corrected chi connectivity index (χ4v) is 4.56. The van der Waals surface area contributed by atoms with E-state index in [2.05, 4.69) is 51.3 Å². The van der Waals surface area contributed by atoms with Gasteiger partial charge in [0.2, 0.25) is 0 Å². The monoisotopic (exact) mass is 401 g/mol. The summed E-state index contributed by atoms with van der Waals surface area (Å²) in [7, 11) is 0. The van der Waals surface area contributed by atoms with Crippen molar-refractivity contribution in [1.29, 1.82) is 0 Å². The van der Waals surface area contributed by atoms with Crippen LogP contribution in [0.5, 0.6) is 0 Å². The number of rotatable bonds is 4. The zero-order chi connectivity index (χ0) is 20.5. The Kier molecular flexibility index (Phi) is 5.11. The van der Waals surface area contributed by atoms with E-state index in [1.54, 1.807) is 0 Å². The fraction of sp³-hybridized carbons (Fsp3) is 0.333. The van der Waals surface area contributed by atoms with Gasteiger partial charge in [-0.3, -0.25) is 0 Å². The number of nitrogens with one attached hydrogen (secondary N) is 2. The number of aliphatic hydroxyl groups excluding tert-OH is 1. The Morgan fingerprint density at radius 3 is 3.00 bits per heavy atom. The second-order valence-corrected chi connectivity index (χ2v) is 8.08. The summed E-state index contributed by atoms with van der Waals surface area (Å²) < 4.78 is 2.03. The Labute approximate surface area is 176 Å². The largest absolute Gasteiger partial charge is 0.392 e. The van der Waals surface area contributed by atoms with Gasteiger partial charge in [0.25, 0.3) is 0 Å². The summed E-state index contributed by atoms with van der Waals surface area (Å²) in [4.78, 5) is 0. The molecular weight excluding hydrogens is 374 g/mol. The maximum Gasteiger partial charge on any atom is 0.0918 e. The zero-order valence-corrected chi connectivity index (χ0v) is 17.2. The lowest BCUT2D eigenvalue weighted by Gasteiger charge is -2.23. The number of fused-ring (bicyclic) bond motifs is 3. The van der Waals surface area contributed by atoms with Crippen LogP contribution in [-0.2, 0) is 13.2 Å². The summed E-state index contributed by atoms with van der Waals surface area (Å²) in [5.74, 6) is 0. The first-order valence-electron chi connectivity index (χ1n) is 10.6. The minimum atomic E-state index is 0.0450. The molecule has 0 bridgehead atoms. The van der Waals surface area contributed by atoms with Crippen molar-refractivity contribution in [1.82, 2.24) is 20.3 Å². The van der Waals surface area contributed by atoms with Gasteiger partial charge in [0.1, 0.15) is 0 Å². The highest BCUT2D eigenvalue weighted by Gasteiger charge is 2.26. The van der Waals surface area contributed by atoms with Crippen LogP contribution in [0.3, 0.4) is 0 Å². The number of benzene rings is 2. The quantitative estimate of drug-likeness (QED) is 0.622. The van der Waals surface area contributed by atoms with Gasteiger partial charge >= 0.3 is 0 Å². The summed E-state index contributed by atoms with van der Waals surface area (Å²) in [6.07, 6.45) is 4.26. The van der Waals surface area contributed by atoms with Crippen LogP contribution < -0.4 is 10.6 Å². The smallest absolute Gasteiger partial charge is 0.0918 e. The Hall–Kier alpha value is -2.96. The Balaban J connectivity index is 1.59. The highest BCUT2D eigenvalue weighted by molar-refractivity contribution is 5.74. The van der Waals surface area contributed by atoms with Crippen molar-refractivity contribution < 1.29 is 5.11 Å². The van der Waals surface area contributed by atoms with Crippen LogP contribution in [-0.4, -0.2) is 33.2 Å². The maximum atomic E-state index is 9.51. The molecule has 2 aromatic carbocycles. The topological polar surface area (TPSA) is 75.0 Å². The lowest BCUT2D eigenvalue weighted by molar-refractivity contribution is 0.282. The first-order valence-corrected chi connectivity index (χ1v) is 10.6. The van der Waals surface area contributed by atoms with Gasteiger partial charge in [-0.1, -0.05) is 35.6 Å². The predicted molar refractivity (Wildman–Crippen MR) is 119 cm³/mol. The molecule has 0 fully saturated rings. The molecule has 1 unspecified atom stereocenters. The normalized spacial score (nSPS) is 18.2. The van der Waals surface area contributed by atoms with Crippen molar-refractivity contribution in [2.75, 3.05) is 18.4 Å². The van der Waals surface area contributed by atoms with Crippen molar-refractivity contribution in [3.05, 3.63) is 70.9 Å². The molecule has 2 aliphatic rings. The van der Waals surface area contributed by atoms with Crippen molar-refractivity contribution in [2.24, 2.45) is 0 Å². The predicted octanol–water partition coefficient (Wildman–Crippen LogP) is 3.68. The van der Waals surface area contributed by atoms with Gasteiger partial charge in [-0.2, -0.15) is 0 Å². The second-order valence-electron chi connectivity index (χ2n) is 8.08. The molecule has 6 heteroatoms. The molecule has 3 N–H and O–H groups in total. The van der Waals surface area contributed by atoms with E-state index in [0.29, 0.717) is 0 Å². The minimum absolute atomic E-state index is 0.0450. The van der Waals surface area contributed by atoms with Crippen LogP contribution in [0.4, 0.5) is 5.69 Å². The standard InChI is InChI=1S/C24H27N5O/c1-16-24-21-6-5-19(18-7-10-25-11-8-18)14-22(21)23(9-12-29(24)28-27-16)26-20-4-2-3-17(13-20)15-30/h2-7,13-14,23,25-26,30H,8-12,15H2,1H3. The van der Waals surface area contributed by atoms with E-state index in [1.807, 2.05) is 29.8 Å². The molecule has 0 aliphatic carbocycles. The molecule has 0 spiro atoms. The third-order valence-electron chi connectivity index (χ3n) is 6.10. The lowest BCUT2D eigenvalue weighted by atomic mass is 9.90. The first-order chi connectivity index (χ1) is 14.7. The van der Waals surface area contributed by atoms with Crippen molar-refractivity contribution in [2.45, 2.75) is 39.0 Å². The van der Waals surface area contributed by atoms with Crippen LogP contribution >= 0.6 is 0 Å². The molecular formula is C24H27N5O. The van der Waals surface area contributed by atoms with E-state index >= 15 is 0 Å². The number of anilines is 1. The summed E-state index contributed by atoms with van der Waals surface area (Å²) >= 11 is 0. The van der Waals surface area contributed by atoms with E-state index < -0.39 is 0 Å². The number of aromatic nitrogens is 3. The molecule has 6 nitrogen and oxygen atoms in total. The van der Waals surface area contributed by atoms with E-state index in [0.717, 1.165) is 55.1 Å². The van der Waals surface area contributed by atoms with Gasteiger partial charge in [0.05, 0.1) is 24.0 Å². The van der Waals surface area contributed by atoms with Gasteiger partial charge in [0.15, 0.2) is 0 Å². The maximum absolute atomic E-state index is 9.51. The molecule has 0 radical (unpaired) electrons. The number of aryl methyl sites for hydroxylation is 2. The summed E-state index contributed by atoms with van der Waals surface area (Å²) in [5.41, 5.74) is 9.20. The van der Waals surface area contributed by atoms with Crippen LogP contribution in [0, 0.1) is 6.92 Å². The van der Waals surface area contributed by atoms with Gasteiger partial charge < -0.3 is 15.7 Å². The molecule has 0 saturated carbocycles. The highest BCUT2D eigenvalue weighted by atomic mass is 16.3. The average molecular weight is 402 g/mol. The molecule has 3 aromatic rings. The Morgan fingerprint density at radius 2 is 2.17 bits per heavy atom. The van der Waals surface area contributed by atoms with Gasteiger partial charge in [-0.05, 0) is 66.8 Å². The van der Waals surface area contributed by atoms with Crippen LogP contribution in [0.25, 0.3) is 16.8 Å². The number of hydrogen-bond acceptors (Lipinski definition) is 5. The SMILES string of the molecule is Cc1nnn2c1-c1ccc(C3=CCNCC3)cc1C(Nc1cccc(CO)c1)CC2. The fourth-order valence-electron chi connectivity index (χ4n) is 4.56. The molecule has 154 valence electrons. The number of nitrogens with zero attached hydrogens (tertiary/aromatic N) is 3. The average Bonchev–Trinajstić information content (AvgIpc) is 3.09. The van der Waals surface area contributed by atoms with Crippen LogP contribution in [0.15, 0.2) is 48.5 Å². The third-order valence-corrected chi connectivity index (χ3v) is 6.10. The molecule has 1 aromatic heterocycles. The van der Waals surface area contributed by atoms with Gasteiger partial charge in [0, 0.05) is 24.3 Å². The minimum Gasteiger partial charge on any atom is -0.392 e. The van der Waals surface area contributed by atoms with Crippen LogP contribution in [0.1, 0.15) is 41.3 Å². The highest BCUT2D eigenvalue weighted by Crippen LogP contribution is 2.38. The first kappa shape index (κ1) is 19.0. The van der Waals surface area contributed by atoms with E-state index in [1.165, 1.54) is 22.3 Å². The van der Waals surface area contributed by atoms with Crippen LogP contribution in [0.2, 0.25) is 0 Å². The Bertz CT molecular complexity index is 1100. The molecule has 1 atom stereocenters. The lowest BCUT2D eigenvalue weighted by Crippen LogP contribution is -2.20. The number of hydrogen-bond donors (Lipinski definition) is 3. The van der Waals surface area contributed by atoms with Gasteiger partial charge in [-0.15, -0.1) is 5.10 Å². The molecule has 0 amide bonds.